The van der Waals surface area contributed by atoms with Crippen molar-refractivity contribution in [3.05, 3.63) is 23.8 Å². The molecule has 0 fully saturated rings. The first-order chi connectivity index (χ1) is 13.7. The minimum Gasteiger partial charge on any atom is -0.508 e. The lowest BCUT2D eigenvalue weighted by atomic mass is 10.1. The van der Waals surface area contributed by atoms with Crippen LogP contribution in [-0.2, 0) is 11.3 Å². The van der Waals surface area contributed by atoms with Crippen LogP contribution in [-0.4, -0.2) is 49.5 Å². The molecule has 0 saturated heterocycles. The SMILES string of the molecule is CCCCC(CNC(=O)OC(C)(C)C)NC(=NC)NCc1cc(OC)ccc1O.I. The van der Waals surface area contributed by atoms with Crippen LogP contribution in [0.1, 0.15) is 52.5 Å². The van der Waals surface area contributed by atoms with Crippen LogP contribution in [0.15, 0.2) is 23.2 Å². The number of aromatic hydroxyl groups is 1. The molecule has 1 aromatic rings. The van der Waals surface area contributed by atoms with Crippen LogP contribution in [0.4, 0.5) is 4.79 Å². The second-order valence-corrected chi connectivity index (χ2v) is 7.79. The molecule has 0 aliphatic heterocycles. The number of phenols is 1. The summed E-state index contributed by atoms with van der Waals surface area (Å²) in [5.41, 5.74) is 0.163. The Morgan fingerprint density at radius 1 is 1.27 bits per heavy atom. The van der Waals surface area contributed by atoms with Gasteiger partial charge in [-0.1, -0.05) is 19.8 Å². The van der Waals surface area contributed by atoms with Gasteiger partial charge in [-0.05, 0) is 45.4 Å². The highest BCUT2D eigenvalue weighted by Gasteiger charge is 2.18. The Morgan fingerprint density at radius 3 is 2.53 bits per heavy atom. The number of guanidine groups is 1. The molecule has 30 heavy (non-hydrogen) atoms. The van der Waals surface area contributed by atoms with E-state index in [1.807, 2.05) is 20.8 Å². The maximum atomic E-state index is 12.0. The molecule has 0 heterocycles. The lowest BCUT2D eigenvalue weighted by Crippen LogP contribution is -2.48. The molecule has 4 N–H and O–H groups in total. The Morgan fingerprint density at radius 2 is 1.97 bits per heavy atom. The van der Waals surface area contributed by atoms with E-state index in [9.17, 15) is 9.90 Å². The zero-order chi connectivity index (χ0) is 21.9. The molecule has 0 aliphatic rings. The molecule has 8 nitrogen and oxygen atoms in total. The summed E-state index contributed by atoms with van der Waals surface area (Å²) >= 11 is 0. The molecule has 1 aromatic carbocycles. The number of amides is 1. The zero-order valence-corrected chi connectivity index (χ0v) is 21.2. The summed E-state index contributed by atoms with van der Waals surface area (Å²) in [4.78, 5) is 16.2. The smallest absolute Gasteiger partial charge is 0.407 e. The molecular formula is C21H37IN4O4. The fraction of sp³-hybridized carbons (Fsp3) is 0.619. The van der Waals surface area contributed by atoms with Crippen molar-refractivity contribution in [3.8, 4) is 11.5 Å². The summed E-state index contributed by atoms with van der Waals surface area (Å²) in [6.07, 6.45) is 2.50. The number of unbranched alkanes of at least 4 members (excludes halogenated alkanes) is 1. The fourth-order valence-corrected chi connectivity index (χ4v) is 2.59. The molecule has 0 bridgehead atoms. The van der Waals surface area contributed by atoms with Gasteiger partial charge in [0.05, 0.1) is 7.11 Å². The van der Waals surface area contributed by atoms with Crippen LogP contribution in [0.3, 0.4) is 0 Å². The van der Waals surface area contributed by atoms with Gasteiger partial charge in [0.25, 0.3) is 0 Å². The van der Waals surface area contributed by atoms with Gasteiger partial charge >= 0.3 is 6.09 Å². The maximum absolute atomic E-state index is 12.0. The number of carbonyl (C=O) groups excluding carboxylic acids is 1. The molecule has 172 valence electrons. The third-order valence-corrected chi connectivity index (χ3v) is 4.10. The molecule has 0 spiro atoms. The number of aliphatic imine (C=N–C) groups is 1. The van der Waals surface area contributed by atoms with E-state index in [1.54, 1.807) is 32.4 Å². The summed E-state index contributed by atoms with van der Waals surface area (Å²) in [5, 5.41) is 19.4. The molecule has 1 unspecified atom stereocenters. The van der Waals surface area contributed by atoms with Crippen molar-refractivity contribution < 1.29 is 19.4 Å². The predicted molar refractivity (Wildman–Crippen MR) is 131 cm³/mol. The van der Waals surface area contributed by atoms with E-state index in [2.05, 4.69) is 27.9 Å². The maximum Gasteiger partial charge on any atom is 0.407 e. The van der Waals surface area contributed by atoms with Crippen LogP contribution in [0.2, 0.25) is 0 Å². The van der Waals surface area contributed by atoms with Crippen molar-refractivity contribution in [1.82, 2.24) is 16.0 Å². The number of hydrogen-bond donors (Lipinski definition) is 4. The number of nitrogens with zero attached hydrogens (tertiary/aromatic N) is 1. The molecule has 1 rings (SSSR count). The van der Waals surface area contributed by atoms with Crippen molar-refractivity contribution in [2.24, 2.45) is 4.99 Å². The van der Waals surface area contributed by atoms with E-state index in [0.29, 0.717) is 30.4 Å². The average molecular weight is 536 g/mol. The first-order valence-electron chi connectivity index (χ1n) is 9.98. The average Bonchev–Trinajstić information content (AvgIpc) is 2.66. The van der Waals surface area contributed by atoms with Crippen molar-refractivity contribution in [2.45, 2.75) is 65.1 Å². The molecule has 1 atom stereocenters. The predicted octanol–water partition coefficient (Wildman–Crippen LogP) is 3.77. The molecular weight excluding hydrogens is 499 g/mol. The Bertz CT molecular complexity index is 677. The van der Waals surface area contributed by atoms with E-state index < -0.39 is 11.7 Å². The van der Waals surface area contributed by atoms with Crippen LogP contribution >= 0.6 is 24.0 Å². The molecule has 0 aromatic heterocycles. The van der Waals surface area contributed by atoms with Gasteiger partial charge in [0.15, 0.2) is 5.96 Å². The first-order valence-corrected chi connectivity index (χ1v) is 9.98. The quantitative estimate of drug-likeness (QED) is 0.218. The van der Waals surface area contributed by atoms with Gasteiger partial charge < -0.3 is 30.5 Å². The van der Waals surface area contributed by atoms with Crippen LogP contribution < -0.4 is 20.7 Å². The number of benzene rings is 1. The molecule has 0 saturated carbocycles. The Labute approximate surface area is 197 Å². The lowest BCUT2D eigenvalue weighted by molar-refractivity contribution is 0.0522. The normalized spacial score (nSPS) is 12.4. The summed E-state index contributed by atoms with van der Waals surface area (Å²) in [6, 6.07) is 5.07. The van der Waals surface area contributed by atoms with E-state index >= 15 is 0 Å². The number of hydrogen-bond acceptors (Lipinski definition) is 5. The largest absolute Gasteiger partial charge is 0.508 e. The number of ether oxygens (including phenoxy) is 2. The zero-order valence-electron chi connectivity index (χ0n) is 18.9. The number of carbonyl (C=O) groups is 1. The van der Waals surface area contributed by atoms with Crippen LogP contribution in [0.5, 0.6) is 11.5 Å². The monoisotopic (exact) mass is 536 g/mol. The van der Waals surface area contributed by atoms with Gasteiger partial charge in [-0.15, -0.1) is 24.0 Å². The standard InChI is InChI=1S/C21H36N4O4.HI/c1-7-8-9-16(14-24-20(27)29-21(2,3)4)25-19(22-5)23-13-15-12-17(28-6)10-11-18(15)26;/h10-12,16,26H,7-9,13-14H2,1-6H3,(H,24,27)(H2,22,23,25);1H. The molecule has 0 radical (unpaired) electrons. The van der Waals surface area contributed by atoms with Crippen LogP contribution in [0, 0.1) is 0 Å². The Balaban J connectivity index is 0.00000841. The minimum atomic E-state index is -0.535. The highest BCUT2D eigenvalue weighted by molar-refractivity contribution is 14.0. The van der Waals surface area contributed by atoms with Crippen molar-refractivity contribution in [3.63, 3.8) is 0 Å². The lowest BCUT2D eigenvalue weighted by Gasteiger charge is -2.24. The van der Waals surface area contributed by atoms with Gasteiger partial charge in [0.2, 0.25) is 0 Å². The third-order valence-electron chi connectivity index (χ3n) is 4.10. The van der Waals surface area contributed by atoms with E-state index in [1.165, 1.54) is 0 Å². The third kappa shape index (κ3) is 11.3. The number of methoxy groups -OCH3 is 1. The van der Waals surface area contributed by atoms with Gasteiger partial charge in [0.1, 0.15) is 17.1 Å². The number of phenolic OH excluding ortho intramolecular Hbond substituents is 1. The Kier molecular flexibility index (Phi) is 13.3. The summed E-state index contributed by atoms with van der Waals surface area (Å²) in [5.74, 6) is 1.44. The van der Waals surface area contributed by atoms with E-state index in [-0.39, 0.29) is 35.8 Å². The van der Waals surface area contributed by atoms with Crippen molar-refractivity contribution >= 4 is 36.0 Å². The van der Waals surface area contributed by atoms with Crippen molar-refractivity contribution in [1.29, 1.82) is 0 Å². The van der Waals surface area contributed by atoms with Gasteiger partial charge in [0, 0.05) is 31.7 Å². The summed E-state index contributed by atoms with van der Waals surface area (Å²) < 4.78 is 10.5. The van der Waals surface area contributed by atoms with E-state index in [0.717, 1.165) is 19.3 Å². The summed E-state index contributed by atoms with van der Waals surface area (Å²) in [7, 11) is 3.26. The van der Waals surface area contributed by atoms with Gasteiger partial charge in [-0.3, -0.25) is 4.99 Å². The fourth-order valence-electron chi connectivity index (χ4n) is 2.59. The number of nitrogens with one attached hydrogen (secondary N) is 3. The molecule has 0 aliphatic carbocycles. The van der Waals surface area contributed by atoms with E-state index in [4.69, 9.17) is 9.47 Å². The summed E-state index contributed by atoms with van der Waals surface area (Å²) in [6.45, 7) is 8.41. The Hall–Kier alpha value is -1.91. The van der Waals surface area contributed by atoms with Gasteiger partial charge in [-0.2, -0.15) is 0 Å². The number of alkyl carbamates (subject to hydrolysis) is 1. The first kappa shape index (κ1) is 28.1. The van der Waals surface area contributed by atoms with Gasteiger partial charge in [-0.25, -0.2) is 4.79 Å². The minimum absolute atomic E-state index is 0. The van der Waals surface area contributed by atoms with Crippen molar-refractivity contribution in [2.75, 3.05) is 20.7 Å². The topological polar surface area (TPSA) is 104 Å². The highest BCUT2D eigenvalue weighted by atomic mass is 127. The second-order valence-electron chi connectivity index (χ2n) is 7.79. The molecule has 1 amide bonds. The molecule has 9 heteroatoms. The van der Waals surface area contributed by atoms with Crippen LogP contribution in [0.25, 0.3) is 0 Å². The highest BCUT2D eigenvalue weighted by Crippen LogP contribution is 2.22. The number of halogens is 1. The number of rotatable bonds is 9. The second kappa shape index (κ2) is 14.2.